The molecule has 21 heteroatoms. The summed E-state index contributed by atoms with van der Waals surface area (Å²) in [5.74, 6) is 0. The van der Waals surface area contributed by atoms with Gasteiger partial charge in [-0.15, -0.1) is 0 Å². The summed E-state index contributed by atoms with van der Waals surface area (Å²) >= 11 is 0. The largest absolute Gasteiger partial charge is 0.417 e. The molecule has 0 N–H and O–H groups in total. The average molecular weight is 1070 g/mol. The van der Waals surface area contributed by atoms with Crippen molar-refractivity contribution in [2.24, 2.45) is 0 Å². The van der Waals surface area contributed by atoms with Crippen LogP contribution < -0.4 is 0 Å². The Hall–Kier alpha value is -8.41. The van der Waals surface area contributed by atoms with Gasteiger partial charge in [0.2, 0.25) is 0 Å². The summed E-state index contributed by atoms with van der Waals surface area (Å²) in [6.07, 6.45) is -31.8. The molecule has 3 nitrogen and oxygen atoms in total. The van der Waals surface area contributed by atoms with Crippen LogP contribution in [0.2, 0.25) is 0 Å². The van der Waals surface area contributed by atoms with E-state index < -0.39 is 92.7 Å². The fourth-order valence-electron chi connectivity index (χ4n) is 9.55. The number of para-hydroxylation sites is 2. The molecule has 0 aliphatic rings. The summed E-state index contributed by atoms with van der Waals surface area (Å²) in [6, 6.07) is 25.9. The highest BCUT2D eigenvalue weighted by Gasteiger charge is 2.41. The third-order valence-electron chi connectivity index (χ3n) is 12.8. The van der Waals surface area contributed by atoms with Gasteiger partial charge in [-0.3, -0.25) is 0 Å². The Bertz CT molecular complexity index is 3760. The SMILES string of the molecule is N#Cc1cc(-n2c3ccccc3c3cc(-c4cc(C(F)(F)F)cc(C(F)(F)F)c4)ccc32)c(-c2ccc(C(F)(F)F)cc2C(F)(F)F)c(-n2c3ccccc3c3cc(-c4cc(C(F)(F)F)cc(C(F)(F)F)c4)ccc32)c1. The van der Waals surface area contributed by atoms with E-state index in [2.05, 4.69) is 0 Å². The summed E-state index contributed by atoms with van der Waals surface area (Å²) in [5.41, 5.74) is -13.5. The monoisotopic (exact) mass is 1070 g/mol. The van der Waals surface area contributed by atoms with Crippen molar-refractivity contribution in [1.29, 1.82) is 5.26 Å². The molecular weight excluding hydrogens is 1040 g/mol. The number of hydrogen-bond acceptors (Lipinski definition) is 1. The smallest absolute Gasteiger partial charge is 0.308 e. The van der Waals surface area contributed by atoms with Crippen molar-refractivity contribution >= 4 is 43.6 Å². The number of benzene rings is 8. The lowest BCUT2D eigenvalue weighted by Crippen LogP contribution is -2.14. The second-order valence-electron chi connectivity index (χ2n) is 17.5. The molecule has 0 bridgehead atoms. The van der Waals surface area contributed by atoms with Gasteiger partial charge in [0.25, 0.3) is 0 Å². The lowest BCUT2D eigenvalue weighted by molar-refractivity contribution is -0.144. The number of nitriles is 1. The lowest BCUT2D eigenvalue weighted by atomic mass is 9.92. The molecule has 0 saturated carbocycles. The van der Waals surface area contributed by atoms with Crippen LogP contribution in [-0.2, 0) is 37.1 Å². The van der Waals surface area contributed by atoms with Crippen LogP contribution in [0.4, 0.5) is 79.0 Å². The zero-order valence-electron chi connectivity index (χ0n) is 37.6. The van der Waals surface area contributed by atoms with E-state index in [1.54, 1.807) is 0 Å². The molecule has 0 atom stereocenters. The quantitative estimate of drug-likeness (QED) is 0.158. The second-order valence-corrected chi connectivity index (χ2v) is 17.5. The zero-order chi connectivity index (χ0) is 54.8. The highest BCUT2D eigenvalue weighted by atomic mass is 19.4. The van der Waals surface area contributed by atoms with Gasteiger partial charge in [0.1, 0.15) is 0 Å². The van der Waals surface area contributed by atoms with Gasteiger partial charge in [0, 0.05) is 27.1 Å². The maximum atomic E-state index is 15.5. The van der Waals surface area contributed by atoms with E-state index >= 15 is 13.2 Å². The number of hydrogen-bond donors (Lipinski definition) is 0. The van der Waals surface area contributed by atoms with Gasteiger partial charge in [-0.2, -0.15) is 84.3 Å². The van der Waals surface area contributed by atoms with Crippen molar-refractivity contribution in [2.75, 3.05) is 0 Å². The summed E-state index contributed by atoms with van der Waals surface area (Å²) in [6.45, 7) is 0. The van der Waals surface area contributed by atoms with Crippen LogP contribution in [0, 0.1) is 11.3 Å². The third-order valence-corrected chi connectivity index (χ3v) is 12.8. The van der Waals surface area contributed by atoms with Crippen LogP contribution in [0.15, 0.2) is 152 Å². The van der Waals surface area contributed by atoms with Crippen LogP contribution in [0.1, 0.15) is 38.9 Å². The summed E-state index contributed by atoms with van der Waals surface area (Å²) in [4.78, 5) is 0. The van der Waals surface area contributed by atoms with Crippen molar-refractivity contribution in [2.45, 2.75) is 37.1 Å². The second kappa shape index (κ2) is 17.3. The first-order valence-corrected chi connectivity index (χ1v) is 22.0. The van der Waals surface area contributed by atoms with Gasteiger partial charge in [0.15, 0.2) is 0 Å². The predicted octanol–water partition coefficient (Wildman–Crippen LogP) is 18.9. The maximum Gasteiger partial charge on any atom is 0.417 e. The molecule has 0 fully saturated rings. The van der Waals surface area contributed by atoms with Crippen LogP contribution in [0.5, 0.6) is 0 Å². The predicted molar refractivity (Wildman–Crippen MR) is 246 cm³/mol. The molecule has 10 rings (SSSR count). The highest BCUT2D eigenvalue weighted by molar-refractivity contribution is 6.13. The molecule has 0 aliphatic carbocycles. The van der Waals surface area contributed by atoms with Crippen molar-refractivity contribution in [3.63, 3.8) is 0 Å². The Balaban J connectivity index is 1.32. The molecule has 0 unspecified atom stereocenters. The topological polar surface area (TPSA) is 33.6 Å². The molecule has 2 aromatic heterocycles. The Morgan fingerprint density at radius 1 is 0.316 bits per heavy atom. The Morgan fingerprint density at radius 3 is 1.04 bits per heavy atom. The van der Waals surface area contributed by atoms with Gasteiger partial charge in [-0.25, -0.2) is 0 Å². The van der Waals surface area contributed by atoms with E-state index in [4.69, 9.17) is 0 Å². The Labute approximate surface area is 414 Å². The van der Waals surface area contributed by atoms with E-state index in [1.165, 1.54) is 81.9 Å². The first-order valence-electron chi connectivity index (χ1n) is 22.0. The summed E-state index contributed by atoms with van der Waals surface area (Å²) in [7, 11) is 0. The van der Waals surface area contributed by atoms with Crippen molar-refractivity contribution in [1.82, 2.24) is 9.13 Å². The van der Waals surface area contributed by atoms with E-state index in [9.17, 15) is 71.1 Å². The molecule has 0 amide bonds. The normalized spacial score (nSPS) is 13.1. The van der Waals surface area contributed by atoms with Crippen molar-refractivity contribution in [3.8, 4) is 50.8 Å². The molecular formula is C55H25F18N3. The Kier molecular flexibility index (Phi) is 11.6. The fraction of sp³-hybridized carbons (Fsp3) is 0.109. The van der Waals surface area contributed by atoms with E-state index in [0.717, 1.165) is 24.3 Å². The number of nitrogens with zero attached hydrogens (tertiary/aromatic N) is 3. The fourth-order valence-corrected chi connectivity index (χ4v) is 9.55. The lowest BCUT2D eigenvalue weighted by Gasteiger charge is -2.24. The van der Waals surface area contributed by atoms with Gasteiger partial charge in [0.05, 0.1) is 78.5 Å². The minimum Gasteiger partial charge on any atom is -0.308 e. The highest BCUT2D eigenvalue weighted by Crippen LogP contribution is 2.49. The van der Waals surface area contributed by atoms with Crippen molar-refractivity contribution in [3.05, 3.63) is 191 Å². The van der Waals surface area contributed by atoms with Crippen molar-refractivity contribution < 1.29 is 79.0 Å². The van der Waals surface area contributed by atoms with Crippen LogP contribution in [-0.4, -0.2) is 9.13 Å². The molecule has 0 radical (unpaired) electrons. The number of fused-ring (bicyclic) bond motifs is 6. The number of aromatic nitrogens is 2. The molecule has 386 valence electrons. The first kappa shape index (κ1) is 51.1. The minimum atomic E-state index is -5.55. The van der Waals surface area contributed by atoms with Gasteiger partial charge < -0.3 is 9.13 Å². The summed E-state index contributed by atoms with van der Waals surface area (Å²) < 4.78 is 260. The molecule has 76 heavy (non-hydrogen) atoms. The van der Waals surface area contributed by atoms with Crippen LogP contribution in [0.3, 0.4) is 0 Å². The van der Waals surface area contributed by atoms with E-state index in [0.29, 0.717) is 36.4 Å². The van der Waals surface area contributed by atoms with Gasteiger partial charge in [-0.05, 0) is 125 Å². The van der Waals surface area contributed by atoms with Gasteiger partial charge >= 0.3 is 37.1 Å². The first-order chi connectivity index (χ1) is 35.4. The number of rotatable bonds is 5. The zero-order valence-corrected chi connectivity index (χ0v) is 37.6. The van der Waals surface area contributed by atoms with Gasteiger partial charge in [-0.1, -0.05) is 54.6 Å². The molecule has 10 aromatic rings. The van der Waals surface area contributed by atoms with E-state index in [-0.39, 0.29) is 89.9 Å². The third kappa shape index (κ3) is 8.98. The molecule has 8 aromatic carbocycles. The number of alkyl halides is 18. The minimum absolute atomic E-state index is 0.0295. The number of halogens is 18. The van der Waals surface area contributed by atoms with Crippen LogP contribution >= 0.6 is 0 Å². The molecule has 2 heterocycles. The average Bonchev–Trinajstić information content (AvgIpc) is 3.93. The Morgan fingerprint density at radius 2 is 0.684 bits per heavy atom. The van der Waals surface area contributed by atoms with Crippen LogP contribution in [0.25, 0.3) is 88.4 Å². The molecule has 0 spiro atoms. The maximum absolute atomic E-state index is 15.5. The van der Waals surface area contributed by atoms with E-state index in [1.807, 2.05) is 6.07 Å². The standard InChI is InChI=1S/C55H25F18N3/c56-50(57,58)32-11-12-39(42(25-32)55(71,72)73)49-47(75-43-7-3-1-5-37(43)40-21-28(9-13-45(40)75)30-17-33(51(59,60)61)23-34(18-30)52(62,63)64)15-27(26-74)16-48(49)76-44-8-4-2-6-38(44)41-22-29(10-14-46(41)76)31-19-35(53(65,66)67)24-36(20-31)54(68,69)70/h1-25H. The molecule has 0 saturated heterocycles. The summed E-state index contributed by atoms with van der Waals surface area (Å²) in [5, 5.41) is 11.3. The molecule has 0 aliphatic heterocycles.